The van der Waals surface area contributed by atoms with Gasteiger partial charge in [0.1, 0.15) is 17.2 Å². The Kier molecular flexibility index (Phi) is 4.60. The molecule has 0 atom stereocenters. The first kappa shape index (κ1) is 13.4. The van der Waals surface area contributed by atoms with E-state index < -0.39 is 0 Å². The number of furan rings is 1. The highest BCUT2D eigenvalue weighted by Gasteiger charge is 2.04. The number of aliphatic imine (C=N–C) groups is 1. The Labute approximate surface area is 122 Å². The summed E-state index contributed by atoms with van der Waals surface area (Å²) in [6.07, 6.45) is 1.66. The highest BCUT2D eigenvalue weighted by atomic mass is 79.9. The van der Waals surface area contributed by atoms with Crippen molar-refractivity contribution >= 4 is 43.8 Å². The third-order valence-corrected chi connectivity index (χ3v) is 3.87. The molecular formula is C13H11Br2NO2. The number of hydrogen-bond donors (Lipinski definition) is 0. The molecule has 0 aliphatic rings. The van der Waals surface area contributed by atoms with Crippen LogP contribution in [0.5, 0.6) is 5.75 Å². The average molecular weight is 373 g/mol. The van der Waals surface area contributed by atoms with E-state index in [-0.39, 0.29) is 0 Å². The van der Waals surface area contributed by atoms with E-state index in [0.29, 0.717) is 17.0 Å². The molecule has 18 heavy (non-hydrogen) atoms. The van der Waals surface area contributed by atoms with E-state index >= 15 is 0 Å². The second kappa shape index (κ2) is 6.20. The first-order valence-corrected chi connectivity index (χ1v) is 7.00. The molecule has 0 spiro atoms. The number of para-hydroxylation sites is 2. The molecular weight excluding hydrogens is 362 g/mol. The molecule has 2 rings (SSSR count). The van der Waals surface area contributed by atoms with E-state index in [1.165, 1.54) is 0 Å². The molecule has 1 aromatic carbocycles. The van der Waals surface area contributed by atoms with Crippen molar-refractivity contribution in [1.82, 2.24) is 0 Å². The molecule has 0 N–H and O–H groups in total. The lowest BCUT2D eigenvalue weighted by atomic mass is 10.3. The zero-order chi connectivity index (χ0) is 13.0. The van der Waals surface area contributed by atoms with E-state index in [9.17, 15) is 0 Å². The number of rotatable bonds is 4. The third kappa shape index (κ3) is 3.23. The predicted molar refractivity (Wildman–Crippen MR) is 79.0 cm³/mol. The minimum absolute atomic E-state index is 0.615. The summed E-state index contributed by atoms with van der Waals surface area (Å²) in [7, 11) is 0. The Bertz CT molecular complexity index is 544. The van der Waals surface area contributed by atoms with Crippen LogP contribution in [0.4, 0.5) is 5.69 Å². The van der Waals surface area contributed by atoms with Crippen molar-refractivity contribution in [2.45, 2.75) is 6.92 Å². The fourth-order valence-corrected chi connectivity index (χ4v) is 2.01. The summed E-state index contributed by atoms with van der Waals surface area (Å²) >= 11 is 6.64. The van der Waals surface area contributed by atoms with Crippen molar-refractivity contribution in [2.24, 2.45) is 4.99 Å². The summed E-state index contributed by atoms with van der Waals surface area (Å²) in [5, 5.41) is 0. The standard InChI is InChI=1S/C13H11Br2NO2/c1-2-17-12-6-4-3-5-11(12)16-8-9-7-10(14)13(15)18-9/h3-8H,2H2,1H3. The molecule has 0 amide bonds. The van der Waals surface area contributed by atoms with Crippen molar-refractivity contribution in [2.75, 3.05) is 6.61 Å². The summed E-state index contributed by atoms with van der Waals surface area (Å²) < 4.78 is 12.4. The molecule has 3 nitrogen and oxygen atoms in total. The lowest BCUT2D eigenvalue weighted by Gasteiger charge is -2.04. The number of halogens is 2. The van der Waals surface area contributed by atoms with Crippen LogP contribution in [-0.2, 0) is 0 Å². The molecule has 0 saturated carbocycles. The van der Waals surface area contributed by atoms with Gasteiger partial charge in [-0.2, -0.15) is 0 Å². The van der Waals surface area contributed by atoms with Crippen molar-refractivity contribution < 1.29 is 9.15 Å². The maximum absolute atomic E-state index is 5.49. The van der Waals surface area contributed by atoms with Crippen molar-refractivity contribution in [3.05, 3.63) is 45.2 Å². The van der Waals surface area contributed by atoms with Gasteiger partial charge >= 0.3 is 0 Å². The highest BCUT2D eigenvalue weighted by molar-refractivity contribution is 9.13. The lowest BCUT2D eigenvalue weighted by Crippen LogP contribution is -1.91. The fourth-order valence-electron chi connectivity index (χ4n) is 1.40. The molecule has 0 saturated heterocycles. The minimum Gasteiger partial charge on any atom is -0.492 e. The van der Waals surface area contributed by atoms with E-state index in [1.807, 2.05) is 37.3 Å². The maximum Gasteiger partial charge on any atom is 0.184 e. The van der Waals surface area contributed by atoms with Gasteiger partial charge in [-0.25, -0.2) is 4.99 Å². The minimum atomic E-state index is 0.615. The molecule has 2 aromatic rings. The van der Waals surface area contributed by atoms with Gasteiger partial charge in [0, 0.05) is 6.07 Å². The zero-order valence-electron chi connectivity index (χ0n) is 9.69. The number of nitrogens with zero attached hydrogens (tertiary/aromatic N) is 1. The molecule has 0 aliphatic carbocycles. The number of ether oxygens (including phenoxy) is 1. The molecule has 1 aromatic heterocycles. The largest absolute Gasteiger partial charge is 0.492 e. The monoisotopic (exact) mass is 371 g/mol. The van der Waals surface area contributed by atoms with Crippen LogP contribution < -0.4 is 4.74 Å². The normalized spacial score (nSPS) is 11.1. The smallest absolute Gasteiger partial charge is 0.184 e. The van der Waals surface area contributed by atoms with Gasteiger partial charge < -0.3 is 9.15 Å². The van der Waals surface area contributed by atoms with Crippen LogP contribution in [0.2, 0.25) is 0 Å². The molecule has 0 fully saturated rings. The molecule has 0 bridgehead atoms. The van der Waals surface area contributed by atoms with Gasteiger partial charge in [0.05, 0.1) is 17.3 Å². The van der Waals surface area contributed by atoms with Crippen LogP contribution in [0.1, 0.15) is 12.7 Å². The topological polar surface area (TPSA) is 34.7 Å². The number of hydrogen-bond acceptors (Lipinski definition) is 3. The Morgan fingerprint density at radius 2 is 2.11 bits per heavy atom. The Morgan fingerprint density at radius 3 is 2.78 bits per heavy atom. The second-order valence-electron chi connectivity index (χ2n) is 3.43. The van der Waals surface area contributed by atoms with Gasteiger partial charge in [-0.3, -0.25) is 0 Å². The predicted octanol–water partition coefficient (Wildman–Crippen LogP) is 4.95. The molecule has 0 unspecified atom stereocenters. The van der Waals surface area contributed by atoms with Gasteiger partial charge in [-0.05, 0) is 50.9 Å². The van der Waals surface area contributed by atoms with Gasteiger partial charge in [0.15, 0.2) is 4.67 Å². The van der Waals surface area contributed by atoms with E-state index in [0.717, 1.165) is 15.9 Å². The first-order valence-electron chi connectivity index (χ1n) is 5.41. The van der Waals surface area contributed by atoms with Crippen molar-refractivity contribution in [3.8, 4) is 5.75 Å². The van der Waals surface area contributed by atoms with Gasteiger partial charge in [-0.1, -0.05) is 12.1 Å². The molecule has 0 radical (unpaired) electrons. The van der Waals surface area contributed by atoms with Gasteiger partial charge in [0.25, 0.3) is 0 Å². The zero-order valence-corrected chi connectivity index (χ0v) is 12.9. The summed E-state index contributed by atoms with van der Waals surface area (Å²) in [4.78, 5) is 4.36. The van der Waals surface area contributed by atoms with Crippen LogP contribution >= 0.6 is 31.9 Å². The second-order valence-corrected chi connectivity index (χ2v) is 5.00. The lowest BCUT2D eigenvalue weighted by molar-refractivity contribution is 0.341. The van der Waals surface area contributed by atoms with E-state index in [1.54, 1.807) is 6.21 Å². The quantitative estimate of drug-likeness (QED) is 0.711. The number of benzene rings is 1. The summed E-state index contributed by atoms with van der Waals surface area (Å²) in [6.45, 7) is 2.56. The first-order chi connectivity index (χ1) is 8.70. The summed E-state index contributed by atoms with van der Waals surface area (Å²) in [5.74, 6) is 1.43. The summed E-state index contributed by atoms with van der Waals surface area (Å²) in [6, 6.07) is 9.47. The fraction of sp³-hybridized carbons (Fsp3) is 0.154. The van der Waals surface area contributed by atoms with Gasteiger partial charge in [0.2, 0.25) is 0 Å². The Morgan fingerprint density at radius 1 is 1.33 bits per heavy atom. The Hall–Kier alpha value is -1.07. The van der Waals surface area contributed by atoms with Crippen LogP contribution in [-0.4, -0.2) is 12.8 Å². The van der Waals surface area contributed by atoms with Crippen molar-refractivity contribution in [1.29, 1.82) is 0 Å². The molecule has 1 heterocycles. The van der Waals surface area contributed by atoms with Crippen molar-refractivity contribution in [3.63, 3.8) is 0 Å². The maximum atomic E-state index is 5.49. The molecule has 94 valence electrons. The van der Waals surface area contributed by atoms with E-state index in [4.69, 9.17) is 9.15 Å². The van der Waals surface area contributed by atoms with E-state index in [2.05, 4.69) is 36.9 Å². The third-order valence-electron chi connectivity index (χ3n) is 2.16. The van der Waals surface area contributed by atoms with Gasteiger partial charge in [-0.15, -0.1) is 0 Å². The summed E-state index contributed by atoms with van der Waals surface area (Å²) in [5.41, 5.74) is 0.781. The molecule has 5 heteroatoms. The van der Waals surface area contributed by atoms with Crippen LogP contribution in [0.15, 0.2) is 48.9 Å². The average Bonchev–Trinajstić information content (AvgIpc) is 2.68. The van der Waals surface area contributed by atoms with Crippen LogP contribution in [0, 0.1) is 0 Å². The Balaban J connectivity index is 2.23. The van der Waals surface area contributed by atoms with Crippen LogP contribution in [0.25, 0.3) is 0 Å². The molecule has 0 aliphatic heterocycles. The highest BCUT2D eigenvalue weighted by Crippen LogP contribution is 2.28. The van der Waals surface area contributed by atoms with Crippen LogP contribution in [0.3, 0.4) is 0 Å². The SMILES string of the molecule is CCOc1ccccc1N=Cc1cc(Br)c(Br)o1.